The van der Waals surface area contributed by atoms with E-state index in [0.717, 1.165) is 0 Å². The van der Waals surface area contributed by atoms with Gasteiger partial charge < -0.3 is 10.1 Å². The Balaban J connectivity index is 2.59. The molecule has 1 rings (SSSR count). The Kier molecular flexibility index (Phi) is 4.95. The van der Waals surface area contributed by atoms with Crippen LogP contribution in [-0.2, 0) is 0 Å². The third-order valence-electron chi connectivity index (χ3n) is 2.53. The van der Waals surface area contributed by atoms with Crippen LogP contribution in [0.3, 0.4) is 0 Å². The molecular weight excluding hydrogens is 250 g/mol. The van der Waals surface area contributed by atoms with E-state index in [-0.39, 0.29) is 18.3 Å². The number of rotatable bonds is 5. The molecule has 0 heterocycles. The minimum Gasteiger partial charge on any atom is -0.494 e. The Morgan fingerprint density at radius 2 is 2.00 bits per heavy atom. The van der Waals surface area contributed by atoms with Crippen molar-refractivity contribution in [2.24, 2.45) is 0 Å². The first kappa shape index (κ1) is 14.8. The van der Waals surface area contributed by atoms with Crippen molar-refractivity contribution in [2.45, 2.75) is 25.6 Å². The van der Waals surface area contributed by atoms with Gasteiger partial charge in [0.15, 0.2) is 11.6 Å². The summed E-state index contributed by atoms with van der Waals surface area (Å²) in [4.78, 5) is 0. The van der Waals surface area contributed by atoms with Crippen molar-refractivity contribution in [2.75, 3.05) is 13.7 Å². The lowest BCUT2D eigenvalue weighted by molar-refractivity contribution is -0.133. The Morgan fingerprint density at radius 3 is 2.56 bits per heavy atom. The van der Waals surface area contributed by atoms with Gasteiger partial charge in [-0.15, -0.1) is 0 Å². The number of alkyl halides is 3. The van der Waals surface area contributed by atoms with Gasteiger partial charge in [0.05, 0.1) is 13.5 Å². The topological polar surface area (TPSA) is 21.3 Å². The van der Waals surface area contributed by atoms with E-state index in [1.165, 1.54) is 25.3 Å². The van der Waals surface area contributed by atoms with Crippen molar-refractivity contribution in [3.05, 3.63) is 29.6 Å². The number of hydrogen-bond acceptors (Lipinski definition) is 2. The second kappa shape index (κ2) is 6.04. The number of benzene rings is 1. The van der Waals surface area contributed by atoms with Gasteiger partial charge in [-0.05, 0) is 24.6 Å². The highest BCUT2D eigenvalue weighted by Crippen LogP contribution is 2.23. The van der Waals surface area contributed by atoms with Crippen LogP contribution < -0.4 is 10.1 Å². The van der Waals surface area contributed by atoms with Crippen LogP contribution in [0.1, 0.15) is 24.9 Å². The van der Waals surface area contributed by atoms with Gasteiger partial charge in [0, 0.05) is 12.6 Å². The molecule has 1 aromatic rings. The quantitative estimate of drug-likeness (QED) is 0.823. The zero-order valence-corrected chi connectivity index (χ0v) is 10.1. The van der Waals surface area contributed by atoms with Crippen LogP contribution in [0.2, 0.25) is 0 Å². The molecule has 1 N–H and O–H groups in total. The first-order chi connectivity index (χ1) is 8.33. The molecule has 0 amide bonds. The first-order valence-electron chi connectivity index (χ1n) is 5.47. The minimum atomic E-state index is -4.17. The van der Waals surface area contributed by atoms with Crippen LogP contribution in [0.25, 0.3) is 0 Å². The second-order valence-electron chi connectivity index (χ2n) is 3.93. The molecule has 0 saturated heterocycles. The molecule has 1 unspecified atom stereocenters. The van der Waals surface area contributed by atoms with Crippen LogP contribution in [0, 0.1) is 5.82 Å². The van der Waals surface area contributed by atoms with Gasteiger partial charge in [0.1, 0.15) is 0 Å². The monoisotopic (exact) mass is 265 g/mol. The van der Waals surface area contributed by atoms with Crippen LogP contribution in [0.4, 0.5) is 17.6 Å². The van der Waals surface area contributed by atoms with Crippen LogP contribution >= 0.6 is 0 Å². The summed E-state index contributed by atoms with van der Waals surface area (Å²) in [6.45, 7) is 1.54. The molecule has 2 nitrogen and oxygen atoms in total. The molecular formula is C12H15F4NO. The van der Waals surface area contributed by atoms with E-state index >= 15 is 0 Å². The van der Waals surface area contributed by atoms with Crippen molar-refractivity contribution in [1.29, 1.82) is 0 Å². The average Bonchev–Trinajstić information content (AvgIpc) is 2.27. The lowest BCUT2D eigenvalue weighted by Crippen LogP contribution is -2.24. The molecule has 0 fully saturated rings. The highest BCUT2D eigenvalue weighted by Gasteiger charge is 2.26. The lowest BCUT2D eigenvalue weighted by atomic mass is 10.1. The van der Waals surface area contributed by atoms with Gasteiger partial charge in [-0.1, -0.05) is 6.07 Å². The third-order valence-corrected chi connectivity index (χ3v) is 2.53. The van der Waals surface area contributed by atoms with Crippen molar-refractivity contribution in [3.8, 4) is 5.75 Å². The normalized spacial score (nSPS) is 13.4. The van der Waals surface area contributed by atoms with E-state index in [1.807, 2.05) is 0 Å². The first-order valence-corrected chi connectivity index (χ1v) is 5.47. The molecule has 0 radical (unpaired) electrons. The number of halogens is 4. The highest BCUT2D eigenvalue weighted by atomic mass is 19.4. The molecule has 0 spiro atoms. The van der Waals surface area contributed by atoms with E-state index in [0.29, 0.717) is 5.56 Å². The third kappa shape index (κ3) is 4.52. The maximum Gasteiger partial charge on any atom is 0.390 e. The summed E-state index contributed by atoms with van der Waals surface area (Å²) in [5.74, 6) is -0.416. The number of ether oxygens (including phenoxy) is 1. The summed E-state index contributed by atoms with van der Waals surface area (Å²) in [5, 5.41) is 2.73. The summed E-state index contributed by atoms with van der Waals surface area (Å²) < 4.78 is 53.9. The van der Waals surface area contributed by atoms with Crippen LogP contribution in [0.15, 0.2) is 18.2 Å². The molecule has 6 heteroatoms. The van der Waals surface area contributed by atoms with Gasteiger partial charge in [0.2, 0.25) is 0 Å². The Bertz CT molecular complexity index is 392. The molecule has 0 saturated carbocycles. The van der Waals surface area contributed by atoms with Crippen LogP contribution in [0.5, 0.6) is 5.75 Å². The van der Waals surface area contributed by atoms with E-state index in [4.69, 9.17) is 4.74 Å². The second-order valence-corrected chi connectivity index (χ2v) is 3.93. The number of nitrogens with one attached hydrogen (secondary N) is 1. The van der Waals surface area contributed by atoms with Gasteiger partial charge in [-0.2, -0.15) is 13.2 Å². The predicted molar refractivity (Wildman–Crippen MR) is 60.0 cm³/mol. The fourth-order valence-corrected chi connectivity index (χ4v) is 1.49. The summed E-state index contributed by atoms with van der Waals surface area (Å²) in [7, 11) is 1.34. The highest BCUT2D eigenvalue weighted by molar-refractivity contribution is 5.31. The summed E-state index contributed by atoms with van der Waals surface area (Å²) >= 11 is 0. The summed E-state index contributed by atoms with van der Waals surface area (Å²) in [6.07, 6.45) is -5.07. The molecule has 1 atom stereocenters. The average molecular weight is 265 g/mol. The van der Waals surface area contributed by atoms with E-state index in [1.54, 1.807) is 6.92 Å². The van der Waals surface area contributed by atoms with E-state index < -0.39 is 18.4 Å². The molecule has 0 aliphatic carbocycles. The van der Waals surface area contributed by atoms with Crippen molar-refractivity contribution in [1.82, 2.24) is 5.32 Å². The predicted octanol–water partition coefficient (Wildman–Crippen LogP) is 3.44. The van der Waals surface area contributed by atoms with Gasteiger partial charge in [-0.3, -0.25) is 0 Å². The Labute approximate surface area is 103 Å². The fraction of sp³-hybridized carbons (Fsp3) is 0.500. The standard InChI is InChI=1S/C12H15F4NO/c1-8(17-6-5-12(14,15)16)9-3-4-10(13)11(7-9)18-2/h3-4,7-8,17H,5-6H2,1-2H3. The molecule has 0 aliphatic rings. The Hall–Kier alpha value is -1.30. The van der Waals surface area contributed by atoms with Crippen molar-refractivity contribution in [3.63, 3.8) is 0 Å². The number of methoxy groups -OCH3 is 1. The van der Waals surface area contributed by atoms with Gasteiger partial charge in [0.25, 0.3) is 0 Å². The summed E-state index contributed by atoms with van der Waals surface area (Å²) in [5.41, 5.74) is 0.676. The maximum atomic E-state index is 13.1. The van der Waals surface area contributed by atoms with Crippen molar-refractivity contribution >= 4 is 0 Å². The van der Waals surface area contributed by atoms with Crippen molar-refractivity contribution < 1.29 is 22.3 Å². The Morgan fingerprint density at radius 1 is 1.33 bits per heavy atom. The minimum absolute atomic E-state index is 0.0805. The van der Waals surface area contributed by atoms with Gasteiger partial charge in [-0.25, -0.2) is 4.39 Å². The van der Waals surface area contributed by atoms with E-state index in [2.05, 4.69) is 5.32 Å². The smallest absolute Gasteiger partial charge is 0.390 e. The zero-order chi connectivity index (χ0) is 13.8. The molecule has 0 aromatic heterocycles. The molecule has 18 heavy (non-hydrogen) atoms. The number of hydrogen-bond donors (Lipinski definition) is 1. The summed E-state index contributed by atoms with van der Waals surface area (Å²) in [6, 6.07) is 3.92. The van der Waals surface area contributed by atoms with E-state index in [9.17, 15) is 17.6 Å². The maximum absolute atomic E-state index is 13.1. The molecule has 0 aliphatic heterocycles. The lowest BCUT2D eigenvalue weighted by Gasteiger charge is -2.16. The van der Waals surface area contributed by atoms with Crippen LogP contribution in [-0.4, -0.2) is 19.8 Å². The molecule has 102 valence electrons. The SMILES string of the molecule is COc1cc(C(C)NCCC(F)(F)F)ccc1F. The molecule has 0 bridgehead atoms. The zero-order valence-electron chi connectivity index (χ0n) is 10.1. The van der Waals surface area contributed by atoms with Gasteiger partial charge >= 0.3 is 6.18 Å². The fourth-order valence-electron chi connectivity index (χ4n) is 1.49. The largest absolute Gasteiger partial charge is 0.494 e. The molecule has 1 aromatic carbocycles.